The monoisotopic (exact) mass is 413 g/mol. The number of ether oxygens (including phenoxy) is 2. The molecule has 2 fully saturated rings. The summed E-state index contributed by atoms with van der Waals surface area (Å²) in [6.45, 7) is 7.02. The van der Waals surface area contributed by atoms with Crippen LogP contribution in [0.25, 0.3) is 0 Å². The third kappa shape index (κ3) is 4.21. The van der Waals surface area contributed by atoms with Gasteiger partial charge in [0.1, 0.15) is 12.2 Å². The smallest absolute Gasteiger partial charge is 0.407 e. The van der Waals surface area contributed by atoms with Gasteiger partial charge in [-0.15, -0.1) is 0 Å². The van der Waals surface area contributed by atoms with Crippen LogP contribution < -0.4 is 9.80 Å². The second-order valence-electron chi connectivity index (χ2n) is 8.65. The minimum atomic E-state index is -1.20. The van der Waals surface area contributed by atoms with E-state index in [1.807, 2.05) is 20.8 Å². The number of cyclic esters (lactones) is 1. The molecule has 2 aliphatic heterocycles. The molecule has 1 aromatic carbocycles. The summed E-state index contributed by atoms with van der Waals surface area (Å²) in [5.74, 6) is -1.73. The molecule has 2 heterocycles. The Bertz CT molecular complexity index is 809. The van der Waals surface area contributed by atoms with Crippen molar-refractivity contribution >= 4 is 23.6 Å². The lowest BCUT2D eigenvalue weighted by Crippen LogP contribution is -2.60. The average molecular weight is 413 g/mol. The molecular weight excluding hydrogens is 388 g/mol. The van der Waals surface area contributed by atoms with E-state index in [4.69, 9.17) is 9.47 Å². The topological polar surface area (TPSA) is 82.5 Å². The number of amides is 2. The maximum Gasteiger partial charge on any atom is 0.417 e. The summed E-state index contributed by atoms with van der Waals surface area (Å²) < 4.78 is 39.2. The Kier molecular flexibility index (Phi) is 5.10. The van der Waals surface area contributed by atoms with Crippen LogP contribution in [0.2, 0.25) is 0 Å². The third-order valence-corrected chi connectivity index (χ3v) is 4.99. The normalized spacial score (nSPS) is 21.0. The zero-order chi connectivity index (χ0) is 21.7. The first-order valence-corrected chi connectivity index (χ1v) is 9.17. The molecule has 10 heteroatoms. The molecule has 0 saturated carbocycles. The van der Waals surface area contributed by atoms with Crippen LogP contribution in [0.4, 0.5) is 29.7 Å². The van der Waals surface area contributed by atoms with E-state index in [-0.39, 0.29) is 31.0 Å². The molecular formula is C19H25F2N3O5. The van der Waals surface area contributed by atoms with Crippen LogP contribution >= 0.6 is 0 Å². The minimum Gasteiger partial charge on any atom is -0.407 e. The van der Waals surface area contributed by atoms with E-state index in [0.29, 0.717) is 0 Å². The molecule has 2 amide bonds. The lowest BCUT2D eigenvalue weighted by molar-refractivity contribution is -0.0474. The van der Waals surface area contributed by atoms with Gasteiger partial charge in [-0.3, -0.25) is 4.90 Å². The molecule has 0 spiro atoms. The molecule has 29 heavy (non-hydrogen) atoms. The number of carbonyl (C=O) groups excluding carboxylic acids is 2. The molecule has 2 aliphatic rings. The van der Waals surface area contributed by atoms with E-state index in [0.717, 1.165) is 17.0 Å². The Morgan fingerprint density at radius 2 is 1.86 bits per heavy atom. The summed E-state index contributed by atoms with van der Waals surface area (Å²) in [5, 5.41) is 9.78. The van der Waals surface area contributed by atoms with Crippen molar-refractivity contribution in [1.29, 1.82) is 0 Å². The van der Waals surface area contributed by atoms with Gasteiger partial charge in [-0.05, 0) is 27.7 Å². The van der Waals surface area contributed by atoms with Gasteiger partial charge in [-0.25, -0.2) is 18.4 Å². The highest BCUT2D eigenvalue weighted by atomic mass is 19.1. The van der Waals surface area contributed by atoms with Crippen molar-refractivity contribution in [3.05, 3.63) is 23.8 Å². The number of aliphatic hydroxyl groups is 1. The van der Waals surface area contributed by atoms with Crippen molar-refractivity contribution in [3.63, 3.8) is 0 Å². The van der Waals surface area contributed by atoms with Crippen molar-refractivity contribution < 1.29 is 33.0 Å². The van der Waals surface area contributed by atoms with Crippen LogP contribution in [-0.4, -0.2) is 66.3 Å². The Hall–Kier alpha value is -2.62. The molecule has 0 aromatic heterocycles. The third-order valence-electron chi connectivity index (χ3n) is 4.99. The number of benzene rings is 1. The van der Waals surface area contributed by atoms with Crippen molar-refractivity contribution in [2.45, 2.75) is 45.1 Å². The summed E-state index contributed by atoms with van der Waals surface area (Å²) in [6, 6.07) is 2.02. The first-order chi connectivity index (χ1) is 13.3. The highest BCUT2D eigenvalue weighted by molar-refractivity contribution is 5.90. The van der Waals surface area contributed by atoms with Gasteiger partial charge in [0.05, 0.1) is 11.3 Å². The Balaban J connectivity index is 1.71. The fourth-order valence-electron chi connectivity index (χ4n) is 3.12. The molecule has 3 rings (SSSR count). The quantitative estimate of drug-likeness (QED) is 0.821. The number of rotatable bonds is 3. The zero-order valence-corrected chi connectivity index (χ0v) is 17.0. The predicted molar refractivity (Wildman–Crippen MR) is 101 cm³/mol. The van der Waals surface area contributed by atoms with Crippen LogP contribution in [0.3, 0.4) is 0 Å². The highest BCUT2D eigenvalue weighted by Gasteiger charge is 2.41. The molecule has 1 N–H and O–H groups in total. The van der Waals surface area contributed by atoms with Crippen molar-refractivity contribution in [2.75, 3.05) is 36.5 Å². The first kappa shape index (κ1) is 21.1. The molecule has 160 valence electrons. The molecule has 1 aromatic rings. The first-order valence-electron chi connectivity index (χ1n) is 9.17. The maximum absolute atomic E-state index is 14.5. The largest absolute Gasteiger partial charge is 0.417 e. The Morgan fingerprint density at radius 3 is 2.34 bits per heavy atom. The van der Waals surface area contributed by atoms with E-state index < -0.39 is 41.3 Å². The molecule has 0 unspecified atom stereocenters. The number of anilines is 2. The number of carbonyl (C=O) groups is 2. The summed E-state index contributed by atoms with van der Waals surface area (Å²) in [4.78, 5) is 28.0. The lowest BCUT2D eigenvalue weighted by Gasteiger charge is -2.45. The fourth-order valence-corrected chi connectivity index (χ4v) is 3.12. The molecule has 2 saturated heterocycles. The zero-order valence-electron chi connectivity index (χ0n) is 17.0. The summed E-state index contributed by atoms with van der Waals surface area (Å²) in [5.41, 5.74) is -1.80. The number of hydrogen-bond donors (Lipinski definition) is 1. The standard InChI is InChI=1S/C19H25F2N3O5/c1-18(2,3)22(5)16(25)28-14-8-24(17(26)29-14)11-6-12(20)15(13(21)7-11)23-9-19(4,27)10-23/h6-7,14,27H,8-10H2,1-5H3/t14-/m0/s1. The van der Waals surface area contributed by atoms with E-state index in [1.54, 1.807) is 14.0 Å². The number of nitrogens with zero attached hydrogens (tertiary/aromatic N) is 3. The number of halogens is 2. The highest BCUT2D eigenvalue weighted by Crippen LogP contribution is 2.35. The van der Waals surface area contributed by atoms with Gasteiger partial charge >= 0.3 is 12.2 Å². The van der Waals surface area contributed by atoms with Gasteiger partial charge in [0.2, 0.25) is 0 Å². The minimum absolute atomic E-state index is 0.0521. The molecule has 0 radical (unpaired) electrons. The van der Waals surface area contributed by atoms with E-state index in [2.05, 4.69) is 0 Å². The van der Waals surface area contributed by atoms with Crippen LogP contribution in [0.5, 0.6) is 0 Å². The van der Waals surface area contributed by atoms with Crippen LogP contribution in [0.1, 0.15) is 27.7 Å². The van der Waals surface area contributed by atoms with Gasteiger partial charge in [-0.1, -0.05) is 0 Å². The van der Waals surface area contributed by atoms with Gasteiger partial charge in [0, 0.05) is 37.8 Å². The Morgan fingerprint density at radius 1 is 1.31 bits per heavy atom. The molecule has 8 nitrogen and oxygen atoms in total. The summed E-state index contributed by atoms with van der Waals surface area (Å²) in [6.07, 6.45) is -2.76. The van der Waals surface area contributed by atoms with Gasteiger partial charge in [0.25, 0.3) is 6.29 Å². The number of hydrogen-bond acceptors (Lipinski definition) is 6. The van der Waals surface area contributed by atoms with Crippen LogP contribution in [0, 0.1) is 11.6 Å². The summed E-state index contributed by atoms with van der Waals surface area (Å²) in [7, 11) is 1.55. The van der Waals surface area contributed by atoms with Crippen molar-refractivity contribution in [1.82, 2.24) is 4.90 Å². The van der Waals surface area contributed by atoms with Crippen LogP contribution in [-0.2, 0) is 9.47 Å². The fraction of sp³-hybridized carbons (Fsp3) is 0.579. The van der Waals surface area contributed by atoms with E-state index >= 15 is 0 Å². The average Bonchev–Trinajstić information content (AvgIpc) is 2.91. The molecule has 0 bridgehead atoms. The van der Waals surface area contributed by atoms with Crippen LogP contribution in [0.15, 0.2) is 12.1 Å². The van der Waals surface area contributed by atoms with Gasteiger partial charge < -0.3 is 24.4 Å². The molecule has 0 aliphatic carbocycles. The Labute approximate surface area is 167 Å². The number of β-amino-alcohol motifs (C(OH)–C–C–N with tert-alkyl or cyclic N) is 1. The molecule has 1 atom stereocenters. The lowest BCUT2D eigenvalue weighted by atomic mass is 9.96. The second kappa shape index (κ2) is 7.01. The van der Waals surface area contributed by atoms with Crippen molar-refractivity contribution in [3.8, 4) is 0 Å². The van der Waals surface area contributed by atoms with E-state index in [1.165, 1.54) is 9.80 Å². The van der Waals surface area contributed by atoms with Gasteiger partial charge in [0.15, 0.2) is 11.6 Å². The van der Waals surface area contributed by atoms with Crippen molar-refractivity contribution in [2.24, 2.45) is 0 Å². The summed E-state index contributed by atoms with van der Waals surface area (Å²) >= 11 is 0. The SMILES string of the molecule is CN(C(=O)O[C@@H]1CN(c2cc(F)c(N3CC(C)(O)C3)c(F)c2)C(=O)O1)C(C)(C)C. The maximum atomic E-state index is 14.5. The predicted octanol–water partition coefficient (Wildman–Crippen LogP) is 2.69. The van der Waals surface area contributed by atoms with Gasteiger partial charge in [-0.2, -0.15) is 0 Å². The second-order valence-corrected chi connectivity index (χ2v) is 8.65. The van der Waals surface area contributed by atoms with E-state index in [9.17, 15) is 23.5 Å².